The van der Waals surface area contributed by atoms with Crippen LogP contribution >= 0.6 is 23.4 Å². The second-order valence-electron chi connectivity index (χ2n) is 5.23. The van der Waals surface area contributed by atoms with Crippen molar-refractivity contribution >= 4 is 34.3 Å². The van der Waals surface area contributed by atoms with E-state index in [1.165, 1.54) is 28.8 Å². The predicted octanol–water partition coefficient (Wildman–Crippen LogP) is 3.53. The van der Waals surface area contributed by atoms with Crippen LogP contribution in [0.4, 0.5) is 0 Å². The van der Waals surface area contributed by atoms with Gasteiger partial charge in [0.25, 0.3) is 0 Å². The molecule has 1 aromatic carbocycles. The van der Waals surface area contributed by atoms with Crippen LogP contribution in [-0.2, 0) is 13.1 Å². The molecule has 1 atom stereocenters. The van der Waals surface area contributed by atoms with Crippen molar-refractivity contribution in [2.24, 2.45) is 0 Å². The van der Waals surface area contributed by atoms with Crippen molar-refractivity contribution in [1.29, 1.82) is 0 Å². The highest BCUT2D eigenvalue weighted by atomic mass is 35.5. The van der Waals surface area contributed by atoms with Gasteiger partial charge in [0.1, 0.15) is 0 Å². The molecule has 0 aliphatic carbocycles. The molecular formula is C14H15ClN2S. The Morgan fingerprint density at radius 2 is 2.28 bits per heavy atom. The van der Waals surface area contributed by atoms with Crippen LogP contribution in [0.5, 0.6) is 0 Å². The Labute approximate surface area is 116 Å². The zero-order chi connectivity index (χ0) is 12.3. The molecule has 2 aromatic rings. The van der Waals surface area contributed by atoms with E-state index < -0.39 is 0 Å². The predicted molar refractivity (Wildman–Crippen MR) is 78.5 cm³/mol. The molecule has 1 unspecified atom stereocenters. The number of halogens is 1. The maximum Gasteiger partial charge on any atom is 0.0581 e. The van der Waals surface area contributed by atoms with Gasteiger partial charge in [-0.3, -0.25) is 0 Å². The Kier molecular flexibility index (Phi) is 2.44. The van der Waals surface area contributed by atoms with Crippen molar-refractivity contribution < 1.29 is 0 Å². The molecule has 2 aliphatic rings. The summed E-state index contributed by atoms with van der Waals surface area (Å²) < 4.78 is 2.52. The molecule has 94 valence electrons. The number of likely N-dealkylation sites (N-methyl/N-ethyl adjacent to an activating group) is 1. The number of nitrogens with zero attached hydrogens (tertiary/aromatic N) is 2. The Balaban J connectivity index is 2.08. The summed E-state index contributed by atoms with van der Waals surface area (Å²) >= 11 is 8.27. The molecule has 0 fully saturated rings. The lowest BCUT2D eigenvalue weighted by molar-refractivity contribution is 0.304. The van der Waals surface area contributed by atoms with Gasteiger partial charge < -0.3 is 9.47 Å². The highest BCUT2D eigenvalue weighted by Gasteiger charge is 2.32. The molecule has 3 heterocycles. The van der Waals surface area contributed by atoms with E-state index in [-0.39, 0.29) is 0 Å². The highest BCUT2D eigenvalue weighted by molar-refractivity contribution is 7.99. The Bertz CT molecular complexity index is 634. The quantitative estimate of drug-likeness (QED) is 0.728. The van der Waals surface area contributed by atoms with Crippen LogP contribution in [-0.4, -0.2) is 28.8 Å². The normalized spacial score (nSPS) is 23.3. The minimum Gasteiger partial charge on any atom is -0.342 e. The first kappa shape index (κ1) is 11.2. The lowest BCUT2D eigenvalue weighted by atomic mass is 10.0. The van der Waals surface area contributed by atoms with Crippen LogP contribution in [0, 0.1) is 0 Å². The summed E-state index contributed by atoms with van der Waals surface area (Å²) in [7, 11) is 2.21. The number of hydrogen-bond donors (Lipinski definition) is 0. The number of rotatable bonds is 0. The SMILES string of the molecule is CN1Cc2c3n(c4ccc(Cl)cc24)CCSC3C1. The van der Waals surface area contributed by atoms with E-state index >= 15 is 0 Å². The van der Waals surface area contributed by atoms with Crippen molar-refractivity contribution in [3.8, 4) is 0 Å². The molecule has 0 saturated heterocycles. The van der Waals surface area contributed by atoms with E-state index in [2.05, 4.69) is 40.4 Å². The Morgan fingerprint density at radius 1 is 1.39 bits per heavy atom. The van der Waals surface area contributed by atoms with Gasteiger partial charge in [-0.2, -0.15) is 0 Å². The van der Waals surface area contributed by atoms with Crippen molar-refractivity contribution in [1.82, 2.24) is 9.47 Å². The molecule has 0 spiro atoms. The second-order valence-corrected chi connectivity index (χ2v) is 6.98. The monoisotopic (exact) mass is 278 g/mol. The van der Waals surface area contributed by atoms with Gasteiger partial charge in [0.15, 0.2) is 0 Å². The third kappa shape index (κ3) is 1.47. The zero-order valence-electron chi connectivity index (χ0n) is 10.3. The van der Waals surface area contributed by atoms with Crippen molar-refractivity contribution in [3.05, 3.63) is 34.5 Å². The van der Waals surface area contributed by atoms with Gasteiger partial charge in [0, 0.05) is 47.0 Å². The van der Waals surface area contributed by atoms with E-state index in [1.54, 1.807) is 5.69 Å². The van der Waals surface area contributed by atoms with Crippen LogP contribution in [0.1, 0.15) is 16.5 Å². The summed E-state index contributed by atoms with van der Waals surface area (Å²) in [6.07, 6.45) is 0. The molecule has 4 heteroatoms. The van der Waals surface area contributed by atoms with Gasteiger partial charge in [0.2, 0.25) is 0 Å². The van der Waals surface area contributed by atoms with Crippen molar-refractivity contribution in [2.75, 3.05) is 19.3 Å². The van der Waals surface area contributed by atoms with Gasteiger partial charge in [-0.05, 0) is 30.8 Å². The molecular weight excluding hydrogens is 264 g/mol. The number of hydrogen-bond acceptors (Lipinski definition) is 2. The fraction of sp³-hybridized carbons (Fsp3) is 0.429. The summed E-state index contributed by atoms with van der Waals surface area (Å²) in [5.41, 5.74) is 4.42. The largest absolute Gasteiger partial charge is 0.342 e. The number of benzene rings is 1. The van der Waals surface area contributed by atoms with E-state index in [0.717, 1.165) is 18.1 Å². The maximum atomic E-state index is 6.17. The topological polar surface area (TPSA) is 8.17 Å². The molecule has 2 aliphatic heterocycles. The van der Waals surface area contributed by atoms with Gasteiger partial charge in [-0.1, -0.05) is 11.6 Å². The third-order valence-electron chi connectivity index (χ3n) is 4.02. The summed E-state index contributed by atoms with van der Waals surface area (Å²) in [5, 5.41) is 2.84. The zero-order valence-corrected chi connectivity index (χ0v) is 11.9. The van der Waals surface area contributed by atoms with Crippen molar-refractivity contribution in [3.63, 3.8) is 0 Å². The van der Waals surface area contributed by atoms with Gasteiger partial charge in [0.05, 0.1) is 5.25 Å². The summed E-state index contributed by atoms with van der Waals surface area (Å²) in [4.78, 5) is 2.43. The average molecular weight is 279 g/mol. The third-order valence-corrected chi connectivity index (χ3v) is 5.45. The first-order valence-corrected chi connectivity index (χ1v) is 7.77. The molecule has 0 saturated carbocycles. The molecule has 4 rings (SSSR count). The van der Waals surface area contributed by atoms with E-state index in [4.69, 9.17) is 11.6 Å². The van der Waals surface area contributed by atoms with Crippen LogP contribution in [0.3, 0.4) is 0 Å². The lowest BCUT2D eigenvalue weighted by Crippen LogP contribution is -2.32. The lowest BCUT2D eigenvalue weighted by Gasteiger charge is -2.34. The smallest absolute Gasteiger partial charge is 0.0581 e. The van der Waals surface area contributed by atoms with E-state index in [0.29, 0.717) is 5.25 Å². The fourth-order valence-corrected chi connectivity index (χ4v) is 4.84. The van der Waals surface area contributed by atoms with Crippen LogP contribution in [0.25, 0.3) is 10.9 Å². The molecule has 2 nitrogen and oxygen atoms in total. The standard InChI is InChI=1S/C14H15ClN2S/c1-16-7-11-10-6-9(15)2-3-12(10)17-4-5-18-13(8-16)14(11)17/h2-3,6,13H,4-5,7-8H2,1H3. The number of aryl methyl sites for hydroxylation is 1. The minimum absolute atomic E-state index is 0.638. The molecule has 18 heavy (non-hydrogen) atoms. The molecule has 0 radical (unpaired) electrons. The van der Waals surface area contributed by atoms with E-state index in [9.17, 15) is 0 Å². The average Bonchev–Trinajstić information content (AvgIpc) is 2.65. The van der Waals surface area contributed by atoms with E-state index in [1.807, 2.05) is 6.07 Å². The van der Waals surface area contributed by atoms with Crippen molar-refractivity contribution in [2.45, 2.75) is 18.3 Å². The number of thioether (sulfide) groups is 1. The van der Waals surface area contributed by atoms with Crippen LogP contribution in [0.2, 0.25) is 5.02 Å². The van der Waals surface area contributed by atoms with Gasteiger partial charge >= 0.3 is 0 Å². The first-order chi connectivity index (χ1) is 8.74. The highest BCUT2D eigenvalue weighted by Crippen LogP contribution is 2.44. The van der Waals surface area contributed by atoms with Crippen LogP contribution < -0.4 is 0 Å². The summed E-state index contributed by atoms with van der Waals surface area (Å²) in [6, 6.07) is 6.33. The molecule has 0 amide bonds. The summed E-state index contributed by atoms with van der Waals surface area (Å²) in [6.45, 7) is 3.36. The molecule has 1 aromatic heterocycles. The number of fused-ring (bicyclic) bond motifs is 3. The minimum atomic E-state index is 0.638. The number of aromatic nitrogens is 1. The summed E-state index contributed by atoms with van der Waals surface area (Å²) in [5.74, 6) is 1.22. The van der Waals surface area contributed by atoms with Gasteiger partial charge in [-0.15, -0.1) is 11.8 Å². The first-order valence-electron chi connectivity index (χ1n) is 6.34. The Hall–Kier alpha value is -0.640. The van der Waals surface area contributed by atoms with Crippen LogP contribution in [0.15, 0.2) is 18.2 Å². The molecule has 0 bridgehead atoms. The Morgan fingerprint density at radius 3 is 3.17 bits per heavy atom. The fourth-order valence-electron chi connectivity index (χ4n) is 3.31. The molecule has 0 N–H and O–H groups in total. The van der Waals surface area contributed by atoms with Gasteiger partial charge in [-0.25, -0.2) is 0 Å². The maximum absolute atomic E-state index is 6.17. The second kappa shape index (κ2) is 3.92.